The van der Waals surface area contributed by atoms with E-state index in [1.54, 1.807) is 0 Å². The number of piperazine rings is 1. The molecule has 0 radical (unpaired) electrons. The fourth-order valence-electron chi connectivity index (χ4n) is 2.89. The van der Waals surface area contributed by atoms with Crippen LogP contribution in [0.5, 0.6) is 0 Å². The third kappa shape index (κ3) is 7.31. The molecule has 114 valence electrons. The topological polar surface area (TPSA) is 15.3 Å². The molecule has 1 fully saturated rings. The lowest BCUT2D eigenvalue weighted by molar-refractivity contribution is 0.132. The Morgan fingerprint density at radius 1 is 1.00 bits per heavy atom. The summed E-state index contributed by atoms with van der Waals surface area (Å²) < 4.78 is 0. The lowest BCUT2D eigenvalue weighted by Gasteiger charge is -2.40. The smallest absolute Gasteiger partial charge is 0.0244 e. The minimum Gasteiger partial charge on any atom is -0.311 e. The van der Waals surface area contributed by atoms with Crippen LogP contribution < -0.4 is 5.32 Å². The van der Waals surface area contributed by atoms with E-state index in [-0.39, 0.29) is 0 Å². The highest BCUT2D eigenvalue weighted by molar-refractivity contribution is 4.87. The summed E-state index contributed by atoms with van der Waals surface area (Å²) in [6, 6.07) is 0.658. The van der Waals surface area contributed by atoms with Gasteiger partial charge in [-0.15, -0.1) is 0 Å². The van der Waals surface area contributed by atoms with Gasteiger partial charge in [-0.05, 0) is 18.4 Å². The first-order chi connectivity index (χ1) is 9.04. The molecule has 1 N–H and O–H groups in total. The molecule has 1 rings (SSSR count). The molecular weight excluding hydrogens is 232 g/mol. The van der Waals surface area contributed by atoms with E-state index in [1.807, 2.05) is 0 Å². The Morgan fingerprint density at radius 3 is 2.26 bits per heavy atom. The third-order valence-corrected chi connectivity index (χ3v) is 4.38. The molecule has 0 aromatic rings. The van der Waals surface area contributed by atoms with Crippen molar-refractivity contribution in [3.8, 4) is 0 Å². The Morgan fingerprint density at radius 2 is 1.63 bits per heavy atom. The maximum atomic E-state index is 3.67. The minimum absolute atomic E-state index is 0.388. The van der Waals surface area contributed by atoms with E-state index in [0.717, 1.165) is 0 Å². The Kier molecular flexibility index (Phi) is 8.01. The van der Waals surface area contributed by atoms with Crippen molar-refractivity contribution in [2.24, 2.45) is 5.41 Å². The van der Waals surface area contributed by atoms with Gasteiger partial charge in [0, 0.05) is 25.7 Å². The van der Waals surface area contributed by atoms with E-state index in [0.29, 0.717) is 11.5 Å². The molecule has 2 nitrogen and oxygen atoms in total. The van der Waals surface area contributed by atoms with Gasteiger partial charge < -0.3 is 10.2 Å². The largest absolute Gasteiger partial charge is 0.311 e. The molecule has 0 saturated carbocycles. The van der Waals surface area contributed by atoms with Crippen LogP contribution in [-0.2, 0) is 0 Å². The van der Waals surface area contributed by atoms with Crippen LogP contribution >= 0.6 is 0 Å². The molecule has 1 atom stereocenters. The summed E-state index contributed by atoms with van der Waals surface area (Å²) in [5, 5.41) is 3.67. The van der Waals surface area contributed by atoms with Gasteiger partial charge >= 0.3 is 0 Å². The average Bonchev–Trinajstić information content (AvgIpc) is 2.37. The molecule has 0 aromatic carbocycles. The van der Waals surface area contributed by atoms with Crippen LogP contribution in [0.4, 0.5) is 0 Å². The third-order valence-electron chi connectivity index (χ3n) is 4.38. The van der Waals surface area contributed by atoms with Crippen LogP contribution in [-0.4, -0.2) is 37.1 Å². The number of nitrogens with one attached hydrogen (secondary N) is 1. The molecule has 1 aliphatic heterocycles. The fraction of sp³-hybridized carbons (Fsp3) is 1.00. The van der Waals surface area contributed by atoms with Crippen molar-refractivity contribution in [3.63, 3.8) is 0 Å². The van der Waals surface area contributed by atoms with Gasteiger partial charge in [0.1, 0.15) is 0 Å². The highest BCUT2D eigenvalue weighted by Crippen LogP contribution is 2.22. The lowest BCUT2D eigenvalue weighted by atomic mass is 9.85. The molecule has 19 heavy (non-hydrogen) atoms. The van der Waals surface area contributed by atoms with Gasteiger partial charge in [0.25, 0.3) is 0 Å². The number of hydrogen-bond donors (Lipinski definition) is 1. The number of unbranched alkanes of at least 4 members (excludes halogenated alkanes) is 6. The highest BCUT2D eigenvalue weighted by atomic mass is 15.2. The van der Waals surface area contributed by atoms with Crippen LogP contribution in [0.25, 0.3) is 0 Å². The monoisotopic (exact) mass is 268 g/mol. The van der Waals surface area contributed by atoms with E-state index in [1.165, 1.54) is 71.1 Å². The second-order valence-corrected chi connectivity index (χ2v) is 7.29. The fourth-order valence-corrected chi connectivity index (χ4v) is 2.89. The van der Waals surface area contributed by atoms with Crippen LogP contribution in [0.1, 0.15) is 72.6 Å². The SMILES string of the molecule is CCCCCCCCCN1CCNC(C(C)(C)C)C1. The van der Waals surface area contributed by atoms with Gasteiger partial charge in [-0.25, -0.2) is 0 Å². The van der Waals surface area contributed by atoms with E-state index in [2.05, 4.69) is 37.9 Å². The van der Waals surface area contributed by atoms with E-state index in [9.17, 15) is 0 Å². The number of rotatable bonds is 8. The minimum atomic E-state index is 0.388. The molecular formula is C17H36N2. The summed E-state index contributed by atoms with van der Waals surface area (Å²) in [5.41, 5.74) is 0.388. The maximum Gasteiger partial charge on any atom is 0.0244 e. The standard InChI is InChI=1S/C17H36N2/c1-5-6-7-8-9-10-11-13-19-14-12-18-16(15-19)17(2,3)4/h16,18H,5-15H2,1-4H3. The summed E-state index contributed by atoms with van der Waals surface area (Å²) in [7, 11) is 0. The zero-order valence-electron chi connectivity index (χ0n) is 13.8. The number of nitrogens with zero attached hydrogens (tertiary/aromatic N) is 1. The highest BCUT2D eigenvalue weighted by Gasteiger charge is 2.28. The Balaban J connectivity index is 2.06. The van der Waals surface area contributed by atoms with Crippen molar-refractivity contribution >= 4 is 0 Å². The van der Waals surface area contributed by atoms with Crippen molar-refractivity contribution in [3.05, 3.63) is 0 Å². The van der Waals surface area contributed by atoms with Crippen LogP contribution in [0, 0.1) is 5.41 Å². The first kappa shape index (κ1) is 17.0. The van der Waals surface area contributed by atoms with E-state index >= 15 is 0 Å². The molecule has 1 heterocycles. The first-order valence-corrected chi connectivity index (χ1v) is 8.49. The van der Waals surface area contributed by atoms with Crippen molar-refractivity contribution in [1.82, 2.24) is 10.2 Å². The van der Waals surface area contributed by atoms with Gasteiger partial charge in [0.15, 0.2) is 0 Å². The second kappa shape index (κ2) is 8.97. The first-order valence-electron chi connectivity index (χ1n) is 8.49. The molecule has 0 aliphatic carbocycles. The molecule has 0 spiro atoms. The quantitative estimate of drug-likeness (QED) is 0.668. The predicted octanol–water partition coefficient (Wildman–Crippen LogP) is 4.06. The van der Waals surface area contributed by atoms with Gasteiger partial charge in [0.2, 0.25) is 0 Å². The van der Waals surface area contributed by atoms with Crippen LogP contribution in [0.2, 0.25) is 0 Å². The molecule has 1 unspecified atom stereocenters. The summed E-state index contributed by atoms with van der Waals surface area (Å²) in [6.45, 7) is 14.3. The summed E-state index contributed by atoms with van der Waals surface area (Å²) in [4.78, 5) is 2.67. The molecule has 2 heteroatoms. The molecule has 0 amide bonds. The summed E-state index contributed by atoms with van der Waals surface area (Å²) in [6.07, 6.45) is 9.92. The van der Waals surface area contributed by atoms with E-state index < -0.39 is 0 Å². The maximum absolute atomic E-state index is 3.67. The van der Waals surface area contributed by atoms with Gasteiger partial charge in [-0.3, -0.25) is 0 Å². The van der Waals surface area contributed by atoms with Crippen molar-refractivity contribution < 1.29 is 0 Å². The Labute approximate surface area is 121 Å². The summed E-state index contributed by atoms with van der Waals surface area (Å²) >= 11 is 0. The van der Waals surface area contributed by atoms with Crippen LogP contribution in [0.15, 0.2) is 0 Å². The Bertz CT molecular complexity index is 220. The number of hydrogen-bond acceptors (Lipinski definition) is 2. The van der Waals surface area contributed by atoms with Crippen molar-refractivity contribution in [1.29, 1.82) is 0 Å². The van der Waals surface area contributed by atoms with Gasteiger partial charge in [-0.1, -0.05) is 66.2 Å². The lowest BCUT2D eigenvalue weighted by Crippen LogP contribution is -2.55. The average molecular weight is 268 g/mol. The second-order valence-electron chi connectivity index (χ2n) is 7.29. The Hall–Kier alpha value is -0.0800. The van der Waals surface area contributed by atoms with Gasteiger partial charge in [-0.2, -0.15) is 0 Å². The summed E-state index contributed by atoms with van der Waals surface area (Å²) in [5.74, 6) is 0. The van der Waals surface area contributed by atoms with E-state index in [4.69, 9.17) is 0 Å². The molecule has 0 aromatic heterocycles. The van der Waals surface area contributed by atoms with Crippen LogP contribution in [0.3, 0.4) is 0 Å². The normalized spacial score (nSPS) is 21.8. The molecule has 1 saturated heterocycles. The zero-order chi connectivity index (χ0) is 14.1. The molecule has 1 aliphatic rings. The van der Waals surface area contributed by atoms with Crippen molar-refractivity contribution in [2.75, 3.05) is 26.2 Å². The zero-order valence-corrected chi connectivity index (χ0v) is 13.8. The predicted molar refractivity (Wildman–Crippen MR) is 85.7 cm³/mol. The molecule has 0 bridgehead atoms. The van der Waals surface area contributed by atoms with Gasteiger partial charge in [0.05, 0.1) is 0 Å². The van der Waals surface area contributed by atoms with Crippen molar-refractivity contribution in [2.45, 2.75) is 78.7 Å².